The molecule has 1 aliphatic rings. The lowest BCUT2D eigenvalue weighted by molar-refractivity contribution is 0.251. The van der Waals surface area contributed by atoms with E-state index in [1.165, 1.54) is 0 Å². The van der Waals surface area contributed by atoms with Gasteiger partial charge in [0.05, 0.1) is 6.04 Å². The van der Waals surface area contributed by atoms with Crippen molar-refractivity contribution in [2.75, 3.05) is 0 Å². The lowest BCUT2D eigenvalue weighted by Gasteiger charge is -2.20. The molecule has 4 N–H and O–H groups in total. The molecule has 7 nitrogen and oxygen atoms in total. The maximum atomic E-state index is 10.4. The second kappa shape index (κ2) is 5.06. The molecule has 15 heavy (non-hydrogen) atoms. The van der Waals surface area contributed by atoms with Crippen LogP contribution in [0.3, 0.4) is 0 Å². The van der Waals surface area contributed by atoms with Crippen LogP contribution in [0.5, 0.6) is 0 Å². The van der Waals surface area contributed by atoms with E-state index in [-0.39, 0.29) is 6.04 Å². The van der Waals surface area contributed by atoms with Crippen molar-refractivity contribution in [3.8, 4) is 0 Å². The lowest BCUT2D eigenvalue weighted by Crippen LogP contribution is -2.09. The van der Waals surface area contributed by atoms with Gasteiger partial charge in [0.1, 0.15) is 0 Å². The second-order valence-electron chi connectivity index (χ2n) is 3.49. The smallest absolute Gasteiger partial charge is 0.318 e. The topological polar surface area (TPSA) is 120 Å². The Kier molecular flexibility index (Phi) is 4.50. The molecular weight excluding hydrogens is 244 g/mol. The van der Waals surface area contributed by atoms with E-state index in [0.29, 0.717) is 12.8 Å². The predicted octanol–water partition coefficient (Wildman–Crippen LogP) is 1.36. The van der Waals surface area contributed by atoms with Gasteiger partial charge in [-0.15, -0.1) is 0 Å². The Bertz CT molecular complexity index is 301. The molecule has 0 aromatic heterocycles. The Labute approximate surface area is 87.6 Å². The first-order chi connectivity index (χ1) is 6.79. The fourth-order valence-corrected chi connectivity index (χ4v) is 3.54. The fourth-order valence-electron chi connectivity index (χ4n) is 1.57. The number of nitrogens with zero attached hydrogens (tertiary/aromatic N) is 1. The molecule has 0 aromatic carbocycles. The van der Waals surface area contributed by atoms with Crippen LogP contribution in [0.4, 0.5) is 0 Å². The van der Waals surface area contributed by atoms with Gasteiger partial charge >= 0.3 is 15.6 Å². The van der Waals surface area contributed by atoms with Crippen LogP contribution in [0.15, 0.2) is 4.74 Å². The van der Waals surface area contributed by atoms with Gasteiger partial charge in [-0.25, -0.2) is 13.6 Å². The quantitative estimate of drug-likeness (QED) is 0.568. The van der Waals surface area contributed by atoms with Crippen LogP contribution in [-0.2, 0) is 8.88 Å². The summed E-state index contributed by atoms with van der Waals surface area (Å²) in [6.07, 6.45) is 4.35. The van der Waals surface area contributed by atoms with Crippen molar-refractivity contribution < 1.29 is 28.4 Å². The van der Waals surface area contributed by atoms with Crippen LogP contribution < -0.4 is 0 Å². The van der Waals surface area contributed by atoms with E-state index in [9.17, 15) is 14.4 Å². The van der Waals surface area contributed by atoms with Crippen molar-refractivity contribution >= 4 is 15.6 Å². The van der Waals surface area contributed by atoms with E-state index < -0.39 is 15.6 Å². The van der Waals surface area contributed by atoms with E-state index in [0.717, 1.165) is 19.3 Å². The van der Waals surface area contributed by atoms with E-state index >= 15 is 0 Å². The Morgan fingerprint density at radius 2 is 1.60 bits per heavy atom. The minimum Gasteiger partial charge on any atom is -0.318 e. The van der Waals surface area contributed by atoms with Crippen LogP contribution in [0.25, 0.3) is 0 Å². The van der Waals surface area contributed by atoms with E-state index in [2.05, 4.69) is 9.06 Å². The molecular formula is C6H15NO6P2. The van der Waals surface area contributed by atoms with Crippen LogP contribution in [0, 0.1) is 0 Å². The molecule has 0 amide bonds. The molecule has 0 unspecified atom stereocenters. The highest BCUT2D eigenvalue weighted by molar-refractivity contribution is 7.61. The molecule has 0 aromatic rings. The summed E-state index contributed by atoms with van der Waals surface area (Å²) < 4.78 is 17.8. The Hall–Kier alpha value is 0.260. The first-order valence-corrected chi connectivity index (χ1v) is 7.72. The normalized spacial score (nSPS) is 20.3. The standard InChI is InChI=1S/C6H15NO6P2/c8-14(9,13-15(10,11)12)7-6-4-2-1-3-5-6/h6,8-9H,1-5H2,(H2,10,11,12). The van der Waals surface area contributed by atoms with E-state index in [4.69, 9.17) is 9.79 Å². The maximum absolute atomic E-state index is 10.4. The molecule has 0 atom stereocenters. The Balaban J connectivity index is 2.66. The number of hydrogen-bond acceptors (Lipinski definition) is 3. The van der Waals surface area contributed by atoms with Crippen molar-refractivity contribution in [2.45, 2.75) is 38.1 Å². The van der Waals surface area contributed by atoms with Gasteiger partial charge in [-0.1, -0.05) is 19.3 Å². The molecule has 0 aliphatic heterocycles. The highest BCUT2D eigenvalue weighted by atomic mass is 31.3. The van der Waals surface area contributed by atoms with Crippen molar-refractivity contribution in [3.05, 3.63) is 0 Å². The van der Waals surface area contributed by atoms with Crippen LogP contribution in [-0.4, -0.2) is 25.6 Å². The van der Waals surface area contributed by atoms with Gasteiger partial charge in [-0.3, -0.25) is 0 Å². The zero-order valence-electron chi connectivity index (χ0n) is 8.06. The first-order valence-electron chi connectivity index (χ1n) is 4.62. The van der Waals surface area contributed by atoms with Crippen LogP contribution in [0.1, 0.15) is 32.1 Å². The summed E-state index contributed by atoms with van der Waals surface area (Å²) in [6, 6.07) is -0.270. The van der Waals surface area contributed by atoms with Gasteiger partial charge in [-0.05, 0) is 12.8 Å². The van der Waals surface area contributed by atoms with E-state index in [1.807, 2.05) is 0 Å². The number of hydrogen-bond donors (Lipinski definition) is 4. The minimum atomic E-state index is -4.90. The first kappa shape index (κ1) is 13.3. The summed E-state index contributed by atoms with van der Waals surface area (Å²) in [5.41, 5.74) is 0. The van der Waals surface area contributed by atoms with Crippen molar-refractivity contribution in [1.29, 1.82) is 0 Å². The fraction of sp³-hybridized carbons (Fsp3) is 1.00. The van der Waals surface area contributed by atoms with Crippen LogP contribution in [0.2, 0.25) is 0 Å². The summed E-state index contributed by atoms with van der Waals surface area (Å²) in [6.45, 7) is 0. The highest BCUT2D eigenvalue weighted by Gasteiger charge is 2.28. The van der Waals surface area contributed by atoms with Gasteiger partial charge in [0.2, 0.25) is 0 Å². The summed E-state index contributed by atoms with van der Waals surface area (Å²) in [5.74, 6) is 0. The molecule has 1 rings (SSSR count). The van der Waals surface area contributed by atoms with Gasteiger partial charge in [-0.2, -0.15) is 0 Å². The molecule has 0 heterocycles. The van der Waals surface area contributed by atoms with Gasteiger partial charge in [0.25, 0.3) is 0 Å². The summed E-state index contributed by atoms with van der Waals surface area (Å²) in [5, 5.41) is 0. The second-order valence-corrected chi connectivity index (χ2v) is 6.38. The molecule has 0 saturated heterocycles. The molecule has 1 aliphatic carbocycles. The molecule has 1 fully saturated rings. The molecule has 0 spiro atoms. The van der Waals surface area contributed by atoms with E-state index in [1.54, 1.807) is 0 Å². The van der Waals surface area contributed by atoms with Gasteiger partial charge in [0, 0.05) is 0 Å². The zero-order chi connectivity index (χ0) is 11.5. The Morgan fingerprint density at radius 1 is 1.07 bits per heavy atom. The zero-order valence-corrected chi connectivity index (χ0v) is 9.85. The lowest BCUT2D eigenvalue weighted by atomic mass is 9.97. The predicted molar refractivity (Wildman–Crippen MR) is 53.8 cm³/mol. The third-order valence-electron chi connectivity index (χ3n) is 2.10. The Morgan fingerprint density at radius 3 is 2.07 bits per heavy atom. The third-order valence-corrected chi connectivity index (χ3v) is 4.46. The largest absolute Gasteiger partial charge is 0.477 e. The molecule has 0 radical (unpaired) electrons. The van der Waals surface area contributed by atoms with Crippen molar-refractivity contribution in [2.24, 2.45) is 4.74 Å². The van der Waals surface area contributed by atoms with Crippen LogP contribution >= 0.6 is 15.6 Å². The average Bonchev–Trinajstić information content (AvgIpc) is 1.99. The van der Waals surface area contributed by atoms with Crippen molar-refractivity contribution in [1.82, 2.24) is 0 Å². The minimum absolute atomic E-state index is 0.270. The molecule has 1 saturated carbocycles. The number of phosphoric acid groups is 1. The average molecular weight is 259 g/mol. The van der Waals surface area contributed by atoms with Crippen molar-refractivity contribution in [3.63, 3.8) is 0 Å². The highest BCUT2D eigenvalue weighted by Crippen LogP contribution is 2.57. The SMILES string of the molecule is O=P(O)(O)OP(O)(O)=NC1CCCCC1. The summed E-state index contributed by atoms with van der Waals surface area (Å²) in [4.78, 5) is 35.2. The molecule has 90 valence electrons. The molecule has 9 heteroatoms. The maximum Gasteiger partial charge on any atom is 0.477 e. The van der Waals surface area contributed by atoms with Gasteiger partial charge < -0.3 is 19.6 Å². The third kappa shape index (κ3) is 5.78. The summed E-state index contributed by atoms with van der Waals surface area (Å²) >= 11 is 0. The summed E-state index contributed by atoms with van der Waals surface area (Å²) in [7, 11) is -9.17. The van der Waals surface area contributed by atoms with Gasteiger partial charge in [0.15, 0.2) is 0 Å². The monoisotopic (exact) mass is 259 g/mol. The number of rotatable bonds is 3. The molecule has 0 bridgehead atoms.